The van der Waals surface area contributed by atoms with Gasteiger partial charge in [0.05, 0.1) is 0 Å². The number of rotatable bonds is 3. The fourth-order valence-electron chi connectivity index (χ4n) is 0.0785. The smallest absolute Gasteiger partial charge is 0.0407 e. The van der Waals surface area contributed by atoms with Crippen molar-refractivity contribution in [3.63, 3.8) is 0 Å². The van der Waals surface area contributed by atoms with E-state index in [9.17, 15) is 0 Å². The zero-order valence-corrected chi connectivity index (χ0v) is 10.0. The van der Waals surface area contributed by atoms with Gasteiger partial charge in [0.15, 0.2) is 0 Å². The van der Waals surface area contributed by atoms with Gasteiger partial charge in [-0.3, -0.25) is 0 Å². The molecule has 0 spiro atoms. The molecule has 0 amide bonds. The zero-order chi connectivity index (χ0) is 13.8. The first-order valence-corrected chi connectivity index (χ1v) is 6.75. The van der Waals surface area contributed by atoms with Gasteiger partial charge in [-0.05, 0) is 0 Å². The molecule has 16 heavy (non-hydrogen) atoms. The van der Waals surface area contributed by atoms with Crippen LogP contribution in [0.5, 0.6) is 0 Å². The highest BCUT2D eigenvalue weighted by molar-refractivity contribution is 7.94. The maximum atomic E-state index is 8.55. The van der Waals surface area contributed by atoms with Gasteiger partial charge in [0.25, 0.3) is 0 Å². The second kappa shape index (κ2) is 11.7. The number of hydrogen-bond acceptors (Lipinski definition) is 11. The standard InChI is InChI=1S/C3H6O2S.2H3O4P/c1-2-3-6-5-4;2*1-5(2,3)4/h2,4H,1,3H2;2*(H3,1,2,3,4)/p-6. The van der Waals surface area contributed by atoms with Crippen LogP contribution in [-0.2, 0) is 13.5 Å². The zero-order valence-electron chi connectivity index (χ0n) is 7.42. The molecule has 0 saturated carbocycles. The van der Waals surface area contributed by atoms with Crippen LogP contribution in [-0.4, -0.2) is 11.0 Å². The molecule has 1 N–H and O–H groups in total. The van der Waals surface area contributed by atoms with E-state index in [4.69, 9.17) is 43.7 Å². The van der Waals surface area contributed by atoms with E-state index >= 15 is 0 Å². The summed E-state index contributed by atoms with van der Waals surface area (Å²) >= 11 is 0.946. The third-order valence-electron chi connectivity index (χ3n) is 0.239. The molecule has 0 unspecified atom stereocenters. The molecule has 100 valence electrons. The Kier molecular flexibility index (Phi) is 15.7. The highest BCUT2D eigenvalue weighted by Crippen LogP contribution is 2.03. The summed E-state index contributed by atoms with van der Waals surface area (Å²) in [5, 5.41) is 7.61. The molecule has 0 aromatic carbocycles. The monoisotopic (exact) mass is 296 g/mol. The van der Waals surface area contributed by atoms with Crippen molar-refractivity contribution in [1.29, 1.82) is 0 Å². The number of phosphoric acid groups is 2. The van der Waals surface area contributed by atoms with Gasteiger partial charge in [0.2, 0.25) is 0 Å². The van der Waals surface area contributed by atoms with Gasteiger partial charge in [-0.1, -0.05) is 6.08 Å². The highest BCUT2D eigenvalue weighted by atomic mass is 32.2. The normalized spacial score (nSPS) is 10.4. The summed E-state index contributed by atoms with van der Waals surface area (Å²) in [6, 6.07) is 0. The summed E-state index contributed by atoms with van der Waals surface area (Å²) in [7, 11) is -10.8. The molecule has 0 heterocycles. The van der Waals surface area contributed by atoms with Crippen LogP contribution in [0.4, 0.5) is 0 Å². The van der Waals surface area contributed by atoms with Gasteiger partial charge in [-0.25, -0.2) is 5.26 Å². The first-order valence-electron chi connectivity index (χ1n) is 2.92. The molecule has 0 rings (SSSR count). The van der Waals surface area contributed by atoms with Crippen molar-refractivity contribution < 1.29 is 48.1 Å². The first kappa shape index (κ1) is 21.5. The molecule has 0 radical (unpaired) electrons. The van der Waals surface area contributed by atoms with Gasteiger partial charge in [-0.2, -0.15) is 20.0 Å². The summed E-state index contributed by atoms with van der Waals surface area (Å²) < 4.78 is 20.7. The van der Waals surface area contributed by atoms with E-state index in [1.807, 2.05) is 0 Å². The van der Waals surface area contributed by atoms with Crippen molar-refractivity contribution in [2.75, 3.05) is 5.75 Å². The summed E-state index contributed by atoms with van der Waals surface area (Å²) in [6.07, 6.45) is 1.64. The van der Waals surface area contributed by atoms with Crippen LogP contribution < -0.4 is 29.4 Å². The maximum Gasteiger partial charge on any atom is 0.0407 e. The van der Waals surface area contributed by atoms with Gasteiger partial charge in [0.1, 0.15) is 0 Å². The molecule has 0 saturated heterocycles. The predicted octanol–water partition coefficient (Wildman–Crippen LogP) is -4.34. The molecule has 0 aromatic rings. The molecule has 13 heteroatoms. The Labute approximate surface area is 94.8 Å². The van der Waals surface area contributed by atoms with Crippen LogP contribution in [0.15, 0.2) is 12.7 Å². The van der Waals surface area contributed by atoms with Crippen LogP contribution in [0.25, 0.3) is 0 Å². The molecular weight excluding hydrogens is 290 g/mol. The minimum absolute atomic E-state index is 0.622. The third-order valence-corrected chi connectivity index (χ3v) is 0.716. The minimum atomic E-state index is -5.39. The molecule has 0 atom stereocenters. The van der Waals surface area contributed by atoms with Crippen molar-refractivity contribution in [1.82, 2.24) is 0 Å². The average Bonchev–Trinajstić information content (AvgIpc) is 1.94. The second-order valence-electron chi connectivity index (χ2n) is 1.54. The third kappa shape index (κ3) is 239. The highest BCUT2D eigenvalue weighted by Gasteiger charge is 1.73. The van der Waals surface area contributed by atoms with E-state index in [0.29, 0.717) is 5.75 Å². The molecule has 0 fully saturated rings. The first-order chi connectivity index (χ1) is 6.91. The minimum Gasteiger partial charge on any atom is -0.822 e. The Morgan fingerprint density at radius 3 is 1.44 bits per heavy atom. The van der Waals surface area contributed by atoms with Crippen molar-refractivity contribution in [3.05, 3.63) is 12.7 Å². The molecule has 0 aromatic heterocycles. The van der Waals surface area contributed by atoms with E-state index in [2.05, 4.69) is 10.9 Å². The molecular formula is C3H6O10P2S-6. The molecule has 0 bridgehead atoms. The van der Waals surface area contributed by atoms with Gasteiger partial charge >= 0.3 is 0 Å². The lowest BCUT2D eigenvalue weighted by atomic mass is 10.8. The summed E-state index contributed by atoms with van der Waals surface area (Å²) in [5.74, 6) is 0.622. The van der Waals surface area contributed by atoms with E-state index in [0.717, 1.165) is 12.0 Å². The van der Waals surface area contributed by atoms with Crippen LogP contribution in [0.3, 0.4) is 0 Å². The fourth-order valence-corrected chi connectivity index (χ4v) is 0.236. The van der Waals surface area contributed by atoms with Crippen molar-refractivity contribution in [3.8, 4) is 0 Å². The predicted molar refractivity (Wildman–Crippen MR) is 41.6 cm³/mol. The maximum absolute atomic E-state index is 8.55. The molecule has 10 nitrogen and oxygen atoms in total. The SMILES string of the molecule is C=CCSOO.O=P([O-])([O-])[O-].O=P([O-])([O-])[O-]. The number of hydrogen-bond donors (Lipinski definition) is 1. The lowest BCUT2D eigenvalue weighted by molar-refractivity contribution is -0.434. The van der Waals surface area contributed by atoms with Gasteiger partial charge < -0.3 is 38.5 Å². The lowest BCUT2D eigenvalue weighted by Crippen LogP contribution is -2.24. The Bertz CT molecular complexity index is 206. The van der Waals surface area contributed by atoms with Crippen LogP contribution >= 0.6 is 27.7 Å². The Balaban J connectivity index is -0.000000160. The van der Waals surface area contributed by atoms with E-state index in [-0.39, 0.29) is 0 Å². The Morgan fingerprint density at radius 1 is 1.12 bits per heavy atom. The average molecular weight is 296 g/mol. The second-order valence-corrected chi connectivity index (χ2v) is 4.05. The summed E-state index contributed by atoms with van der Waals surface area (Å²) in [5.41, 5.74) is 0. The van der Waals surface area contributed by atoms with E-state index in [1.165, 1.54) is 0 Å². The fraction of sp³-hybridized carbons (Fsp3) is 0.333. The lowest BCUT2D eigenvalue weighted by Gasteiger charge is -2.36. The van der Waals surface area contributed by atoms with E-state index in [1.54, 1.807) is 6.08 Å². The van der Waals surface area contributed by atoms with Crippen LogP contribution in [0.1, 0.15) is 0 Å². The van der Waals surface area contributed by atoms with Crippen LogP contribution in [0, 0.1) is 0 Å². The molecule has 0 aliphatic rings. The quantitative estimate of drug-likeness (QED) is 0.131. The van der Waals surface area contributed by atoms with Crippen molar-refractivity contribution in [2.45, 2.75) is 0 Å². The van der Waals surface area contributed by atoms with Crippen molar-refractivity contribution in [2.24, 2.45) is 0 Å². The van der Waals surface area contributed by atoms with Crippen molar-refractivity contribution >= 4 is 27.7 Å². The molecule has 0 aliphatic carbocycles. The van der Waals surface area contributed by atoms with E-state index < -0.39 is 15.6 Å². The Hall–Kier alpha value is 0.230. The van der Waals surface area contributed by atoms with Gasteiger partial charge in [-0.15, -0.1) is 6.58 Å². The van der Waals surface area contributed by atoms with Gasteiger partial charge in [0, 0.05) is 17.8 Å². The van der Waals surface area contributed by atoms with Crippen LogP contribution in [0.2, 0.25) is 0 Å². The molecule has 0 aliphatic heterocycles. The Morgan fingerprint density at radius 2 is 1.38 bits per heavy atom. The largest absolute Gasteiger partial charge is 0.822 e. The topological polar surface area (TPSA) is 202 Å². The summed E-state index contributed by atoms with van der Waals surface area (Å²) in [6.45, 7) is 3.39. The summed E-state index contributed by atoms with van der Waals surface area (Å²) in [4.78, 5) is 51.3.